The zero-order valence-electron chi connectivity index (χ0n) is 13.5. The van der Waals surface area contributed by atoms with E-state index in [1.165, 1.54) is 12.1 Å². The van der Waals surface area contributed by atoms with Crippen LogP contribution in [0.25, 0.3) is 6.08 Å². The van der Waals surface area contributed by atoms with Gasteiger partial charge in [0.2, 0.25) is 0 Å². The van der Waals surface area contributed by atoms with E-state index in [-0.39, 0.29) is 16.4 Å². The van der Waals surface area contributed by atoms with Crippen molar-refractivity contribution in [1.29, 1.82) is 0 Å². The van der Waals surface area contributed by atoms with E-state index < -0.39 is 0 Å². The lowest BCUT2D eigenvalue weighted by Gasteiger charge is -2.17. The number of carbonyl (C=O) groups is 1. The molecule has 0 aliphatic carbocycles. The second-order valence-corrected chi connectivity index (χ2v) is 6.82. The van der Waals surface area contributed by atoms with Gasteiger partial charge in [-0.1, -0.05) is 28.1 Å². The molecule has 0 N–H and O–H groups in total. The summed E-state index contributed by atoms with van der Waals surface area (Å²) in [6, 6.07) is 12.2. The molecule has 128 valence electrons. The van der Waals surface area contributed by atoms with Gasteiger partial charge in [-0.3, -0.25) is 14.9 Å². The molecule has 5 nitrogen and oxygen atoms in total. The predicted molar refractivity (Wildman–Crippen MR) is 102 cm³/mol. The first-order valence-corrected chi connectivity index (χ1v) is 8.85. The third kappa shape index (κ3) is 4.14. The first-order chi connectivity index (χ1) is 12.0. The highest BCUT2D eigenvalue weighted by Crippen LogP contribution is 2.32. The van der Waals surface area contributed by atoms with Gasteiger partial charge in [0.1, 0.15) is 5.69 Å². The molecular weight excluding hydrogens is 384 g/mol. The Morgan fingerprint density at radius 2 is 1.80 bits per heavy atom. The molecule has 2 aromatic carbocycles. The van der Waals surface area contributed by atoms with Crippen LogP contribution < -0.4 is 4.90 Å². The van der Waals surface area contributed by atoms with Crippen LogP contribution in [0.5, 0.6) is 0 Å². The topological polar surface area (TPSA) is 63.5 Å². The van der Waals surface area contributed by atoms with Crippen molar-refractivity contribution in [2.24, 2.45) is 0 Å². The zero-order chi connectivity index (χ0) is 17.8. The fourth-order valence-electron chi connectivity index (χ4n) is 2.90. The van der Waals surface area contributed by atoms with E-state index in [1.807, 2.05) is 11.0 Å². The quantitative estimate of drug-likeness (QED) is 0.311. The Morgan fingerprint density at radius 3 is 2.44 bits per heavy atom. The molecule has 6 heteroatoms. The van der Waals surface area contributed by atoms with Gasteiger partial charge >= 0.3 is 0 Å². The lowest BCUT2D eigenvalue weighted by atomic mass is 10.1. The van der Waals surface area contributed by atoms with Crippen LogP contribution in [0.2, 0.25) is 0 Å². The van der Waals surface area contributed by atoms with E-state index in [0.717, 1.165) is 30.4 Å². The van der Waals surface area contributed by atoms with E-state index in [2.05, 4.69) is 15.9 Å². The molecule has 0 bridgehead atoms. The van der Waals surface area contributed by atoms with Crippen LogP contribution in [0.1, 0.15) is 28.8 Å². The summed E-state index contributed by atoms with van der Waals surface area (Å²) in [5, 5.41) is 11.4. The maximum absolute atomic E-state index is 12.2. The highest BCUT2D eigenvalue weighted by atomic mass is 79.9. The number of nitro groups is 1. The SMILES string of the molecule is O=C(C=Cc1ccc(N2CCCC2)c([N+](=O)[O-])c1)c1ccc(Br)cc1. The van der Waals surface area contributed by atoms with Crippen molar-refractivity contribution in [3.63, 3.8) is 0 Å². The van der Waals surface area contributed by atoms with Gasteiger partial charge in [0.05, 0.1) is 4.92 Å². The number of anilines is 1. The Hall–Kier alpha value is -2.47. The van der Waals surface area contributed by atoms with Crippen LogP contribution in [0.3, 0.4) is 0 Å². The van der Waals surface area contributed by atoms with Crippen LogP contribution >= 0.6 is 15.9 Å². The van der Waals surface area contributed by atoms with Crippen molar-refractivity contribution >= 4 is 39.2 Å². The van der Waals surface area contributed by atoms with E-state index in [9.17, 15) is 14.9 Å². The van der Waals surface area contributed by atoms with Crippen molar-refractivity contribution in [3.8, 4) is 0 Å². The summed E-state index contributed by atoms with van der Waals surface area (Å²) in [5.41, 5.74) is 1.95. The Balaban J connectivity index is 1.82. The smallest absolute Gasteiger partial charge is 0.293 e. The fourth-order valence-corrected chi connectivity index (χ4v) is 3.16. The molecule has 3 rings (SSSR count). The summed E-state index contributed by atoms with van der Waals surface area (Å²) in [5.74, 6) is -0.140. The highest BCUT2D eigenvalue weighted by Gasteiger charge is 2.22. The molecular formula is C19H17BrN2O3. The molecule has 0 radical (unpaired) electrons. The number of hydrogen-bond donors (Lipinski definition) is 0. The minimum absolute atomic E-state index is 0.0835. The minimum Gasteiger partial charge on any atom is -0.366 e. The molecule has 0 aromatic heterocycles. The first kappa shape index (κ1) is 17.4. The third-order valence-electron chi connectivity index (χ3n) is 4.20. The number of carbonyl (C=O) groups excluding carboxylic acids is 1. The van der Waals surface area contributed by atoms with Crippen molar-refractivity contribution in [2.75, 3.05) is 18.0 Å². The zero-order valence-corrected chi connectivity index (χ0v) is 15.1. The van der Waals surface area contributed by atoms with Crippen molar-refractivity contribution in [3.05, 3.63) is 74.3 Å². The average Bonchev–Trinajstić information content (AvgIpc) is 3.14. The lowest BCUT2D eigenvalue weighted by Crippen LogP contribution is -2.18. The van der Waals surface area contributed by atoms with Gasteiger partial charge in [-0.25, -0.2) is 0 Å². The Kier molecular flexibility index (Phi) is 5.28. The molecule has 1 fully saturated rings. The van der Waals surface area contributed by atoms with E-state index in [4.69, 9.17) is 0 Å². The second kappa shape index (κ2) is 7.61. The van der Waals surface area contributed by atoms with Crippen LogP contribution in [0.4, 0.5) is 11.4 Å². The van der Waals surface area contributed by atoms with Gasteiger partial charge in [-0.2, -0.15) is 0 Å². The number of nitro benzene ring substituents is 1. The number of hydrogen-bond acceptors (Lipinski definition) is 4. The number of rotatable bonds is 5. The van der Waals surface area contributed by atoms with Crippen LogP contribution in [-0.4, -0.2) is 23.8 Å². The molecule has 0 atom stereocenters. The molecule has 0 spiro atoms. The van der Waals surface area contributed by atoms with Crippen molar-refractivity contribution in [1.82, 2.24) is 0 Å². The Bertz CT molecular complexity index is 825. The van der Waals surface area contributed by atoms with Gasteiger partial charge in [0.25, 0.3) is 5.69 Å². The van der Waals surface area contributed by atoms with Gasteiger partial charge in [-0.15, -0.1) is 0 Å². The van der Waals surface area contributed by atoms with Crippen LogP contribution in [0.15, 0.2) is 53.0 Å². The van der Waals surface area contributed by atoms with Gasteiger partial charge in [0.15, 0.2) is 5.78 Å². The summed E-state index contributed by atoms with van der Waals surface area (Å²) >= 11 is 3.33. The number of benzene rings is 2. The van der Waals surface area contributed by atoms with Gasteiger partial charge in [0, 0.05) is 29.2 Å². The standard InChI is InChI=1S/C19H17BrN2O3/c20-16-7-5-15(6-8-16)19(23)10-4-14-3-9-17(18(13-14)22(24)25)21-11-1-2-12-21/h3-10,13H,1-2,11-12H2. The summed E-state index contributed by atoms with van der Waals surface area (Å²) < 4.78 is 0.904. The average molecular weight is 401 g/mol. The molecule has 0 saturated carbocycles. The molecule has 25 heavy (non-hydrogen) atoms. The molecule has 1 saturated heterocycles. The Morgan fingerprint density at radius 1 is 1.12 bits per heavy atom. The highest BCUT2D eigenvalue weighted by molar-refractivity contribution is 9.10. The summed E-state index contributed by atoms with van der Waals surface area (Å²) in [6.45, 7) is 1.69. The maximum Gasteiger partial charge on any atom is 0.293 e. The summed E-state index contributed by atoms with van der Waals surface area (Å²) in [6.07, 6.45) is 5.17. The molecule has 1 heterocycles. The molecule has 1 aliphatic rings. The molecule has 2 aromatic rings. The van der Waals surface area contributed by atoms with Crippen molar-refractivity contribution < 1.29 is 9.72 Å². The molecule has 0 amide bonds. The van der Waals surface area contributed by atoms with Crippen LogP contribution in [0, 0.1) is 10.1 Å². The van der Waals surface area contributed by atoms with Crippen LogP contribution in [-0.2, 0) is 0 Å². The fraction of sp³-hybridized carbons (Fsp3) is 0.211. The largest absolute Gasteiger partial charge is 0.366 e. The number of ketones is 1. The lowest BCUT2D eigenvalue weighted by molar-refractivity contribution is -0.384. The molecule has 0 unspecified atom stereocenters. The van der Waals surface area contributed by atoms with Gasteiger partial charge in [-0.05, 0) is 54.8 Å². The molecule has 1 aliphatic heterocycles. The normalized spacial score (nSPS) is 14.2. The van der Waals surface area contributed by atoms with Gasteiger partial charge < -0.3 is 4.90 Å². The Labute approximate surface area is 154 Å². The predicted octanol–water partition coefficient (Wildman–Crippen LogP) is 4.85. The summed E-state index contributed by atoms with van der Waals surface area (Å²) in [7, 11) is 0. The monoisotopic (exact) mass is 400 g/mol. The second-order valence-electron chi connectivity index (χ2n) is 5.90. The maximum atomic E-state index is 12.2. The number of nitrogens with zero attached hydrogens (tertiary/aromatic N) is 2. The first-order valence-electron chi connectivity index (χ1n) is 8.06. The van der Waals surface area contributed by atoms with E-state index in [1.54, 1.807) is 36.4 Å². The van der Waals surface area contributed by atoms with Crippen molar-refractivity contribution in [2.45, 2.75) is 12.8 Å². The summed E-state index contributed by atoms with van der Waals surface area (Å²) in [4.78, 5) is 25.3. The van der Waals surface area contributed by atoms with E-state index in [0.29, 0.717) is 16.8 Å². The third-order valence-corrected chi connectivity index (χ3v) is 4.73. The number of allylic oxidation sites excluding steroid dienone is 1. The minimum atomic E-state index is -0.360. The number of halogens is 1. The van der Waals surface area contributed by atoms with E-state index >= 15 is 0 Å².